The number of nitrogens with zero attached hydrogens (tertiary/aromatic N) is 3. The van der Waals surface area contributed by atoms with Gasteiger partial charge in [0.15, 0.2) is 11.0 Å². The van der Waals surface area contributed by atoms with Crippen LogP contribution in [-0.4, -0.2) is 23.2 Å². The van der Waals surface area contributed by atoms with Crippen molar-refractivity contribution in [1.82, 2.24) is 19.5 Å². The topological polar surface area (TPSA) is 76.9 Å². The van der Waals surface area contributed by atoms with Gasteiger partial charge in [-0.25, -0.2) is 13.1 Å². The zero-order chi connectivity index (χ0) is 28.0. The summed E-state index contributed by atoms with van der Waals surface area (Å²) in [7, 11) is -3.73. The van der Waals surface area contributed by atoms with Gasteiger partial charge in [0, 0.05) is 10.8 Å². The molecule has 1 aromatic heterocycles. The highest BCUT2D eigenvalue weighted by atomic mass is 35.5. The van der Waals surface area contributed by atoms with E-state index in [4.69, 9.17) is 11.6 Å². The van der Waals surface area contributed by atoms with E-state index in [2.05, 4.69) is 27.1 Å². The second-order valence-corrected chi connectivity index (χ2v) is 12.6. The molecular weight excluding hydrogens is 560 g/mol. The Morgan fingerprint density at radius 1 is 0.825 bits per heavy atom. The summed E-state index contributed by atoms with van der Waals surface area (Å²) in [6.45, 7) is 1.99. The van der Waals surface area contributed by atoms with E-state index in [0.717, 1.165) is 22.4 Å². The number of sulfonamides is 1. The number of rotatable bonds is 11. The number of hydrogen-bond donors (Lipinski definition) is 1. The third-order valence-corrected chi connectivity index (χ3v) is 8.99. The average molecular weight is 589 g/mol. The maximum atomic E-state index is 13.5. The van der Waals surface area contributed by atoms with Crippen molar-refractivity contribution in [3.8, 4) is 5.69 Å². The van der Waals surface area contributed by atoms with Crippen molar-refractivity contribution < 1.29 is 8.42 Å². The third kappa shape index (κ3) is 7.20. The molecule has 1 atom stereocenters. The number of benzene rings is 4. The van der Waals surface area contributed by atoms with Crippen molar-refractivity contribution in [2.75, 3.05) is 0 Å². The smallest absolute Gasteiger partial charge is 0.216 e. The standard InChI is InChI=1S/C31H29ClN4O2S2/c1-23-17-18-27(32)20-29(23)36-30(33-34-31(36)39-21-25-13-7-3-8-14-25)28(19-24-11-5-2-6-12-24)35-40(37,38)22-26-15-9-4-10-16-26/h2-18,20,28,35H,19,21-22H2,1H3. The first-order chi connectivity index (χ1) is 19.4. The van der Waals surface area contributed by atoms with Crippen LogP contribution in [0, 0.1) is 6.92 Å². The molecule has 204 valence electrons. The van der Waals surface area contributed by atoms with Gasteiger partial charge in [-0.1, -0.05) is 120 Å². The Labute approximate surface area is 244 Å². The highest BCUT2D eigenvalue weighted by molar-refractivity contribution is 7.98. The van der Waals surface area contributed by atoms with E-state index in [1.165, 1.54) is 0 Å². The molecule has 1 N–H and O–H groups in total. The minimum Gasteiger partial charge on any atom is -0.272 e. The number of thioether (sulfide) groups is 1. The predicted octanol–water partition coefficient (Wildman–Crippen LogP) is 6.92. The molecule has 9 heteroatoms. The molecular formula is C31H29ClN4O2S2. The molecule has 0 aliphatic heterocycles. The summed E-state index contributed by atoms with van der Waals surface area (Å²) in [6, 6.07) is 34.0. The van der Waals surface area contributed by atoms with Crippen molar-refractivity contribution >= 4 is 33.4 Å². The van der Waals surface area contributed by atoms with E-state index >= 15 is 0 Å². The third-order valence-electron chi connectivity index (χ3n) is 6.40. The van der Waals surface area contributed by atoms with Crippen LogP contribution in [0.4, 0.5) is 0 Å². The van der Waals surface area contributed by atoms with Crippen molar-refractivity contribution in [2.45, 2.75) is 36.0 Å². The summed E-state index contributed by atoms with van der Waals surface area (Å²) in [5.74, 6) is 1.04. The van der Waals surface area contributed by atoms with E-state index < -0.39 is 16.1 Å². The summed E-state index contributed by atoms with van der Waals surface area (Å²) in [4.78, 5) is 0. The van der Waals surface area contributed by atoms with E-state index in [-0.39, 0.29) is 5.75 Å². The molecule has 5 rings (SSSR count). The lowest BCUT2D eigenvalue weighted by atomic mass is 10.1. The average Bonchev–Trinajstić information content (AvgIpc) is 3.38. The SMILES string of the molecule is Cc1ccc(Cl)cc1-n1c(SCc2ccccc2)nnc1C(Cc1ccccc1)NS(=O)(=O)Cc1ccccc1. The van der Waals surface area contributed by atoms with Crippen molar-refractivity contribution in [3.63, 3.8) is 0 Å². The molecule has 0 aliphatic carbocycles. The van der Waals surface area contributed by atoms with Gasteiger partial charge in [0.25, 0.3) is 0 Å². The number of nitrogens with one attached hydrogen (secondary N) is 1. The first-order valence-corrected chi connectivity index (χ1v) is 15.9. The molecule has 0 aliphatic rings. The zero-order valence-electron chi connectivity index (χ0n) is 21.9. The van der Waals surface area contributed by atoms with Gasteiger partial charge in [-0.05, 0) is 47.7 Å². The quantitative estimate of drug-likeness (QED) is 0.169. The monoisotopic (exact) mass is 588 g/mol. The van der Waals surface area contributed by atoms with Crippen molar-refractivity contribution in [3.05, 3.63) is 142 Å². The Hall–Kier alpha value is -3.43. The van der Waals surface area contributed by atoms with Gasteiger partial charge >= 0.3 is 0 Å². The molecule has 6 nitrogen and oxygen atoms in total. The van der Waals surface area contributed by atoms with Crippen LogP contribution in [0.2, 0.25) is 5.02 Å². The van der Waals surface area contributed by atoms with E-state index in [1.807, 2.05) is 109 Å². The summed E-state index contributed by atoms with van der Waals surface area (Å²) in [5.41, 5.74) is 4.61. The Kier molecular flexibility index (Phi) is 9.01. The molecule has 1 heterocycles. The fraction of sp³-hybridized carbons (Fsp3) is 0.161. The number of halogens is 1. The summed E-state index contributed by atoms with van der Waals surface area (Å²) in [6.07, 6.45) is 0.399. The first kappa shape index (κ1) is 28.1. The lowest BCUT2D eigenvalue weighted by molar-refractivity contribution is 0.536. The highest BCUT2D eigenvalue weighted by Gasteiger charge is 2.28. The summed E-state index contributed by atoms with van der Waals surface area (Å²) in [5, 5.41) is 10.4. The number of aryl methyl sites for hydroxylation is 1. The Balaban J connectivity index is 1.57. The van der Waals surface area contributed by atoms with E-state index in [9.17, 15) is 8.42 Å². The fourth-order valence-electron chi connectivity index (χ4n) is 4.46. The molecule has 0 fully saturated rings. The second kappa shape index (κ2) is 12.8. The predicted molar refractivity (Wildman–Crippen MR) is 162 cm³/mol. The van der Waals surface area contributed by atoms with Crippen LogP contribution in [-0.2, 0) is 27.9 Å². The van der Waals surface area contributed by atoms with Gasteiger partial charge in [-0.3, -0.25) is 4.57 Å². The Bertz CT molecular complexity index is 1660. The van der Waals surface area contributed by atoms with Gasteiger partial charge in [-0.15, -0.1) is 10.2 Å². The van der Waals surface area contributed by atoms with Crippen LogP contribution in [0.15, 0.2) is 114 Å². The molecule has 0 bridgehead atoms. The van der Waals surface area contributed by atoms with Gasteiger partial charge in [-0.2, -0.15) is 0 Å². The molecule has 5 aromatic rings. The molecule has 1 unspecified atom stereocenters. The first-order valence-electron chi connectivity index (χ1n) is 12.8. The summed E-state index contributed by atoms with van der Waals surface area (Å²) >= 11 is 7.99. The molecule has 0 spiro atoms. The van der Waals surface area contributed by atoms with Crippen LogP contribution < -0.4 is 4.72 Å². The minimum atomic E-state index is -3.73. The van der Waals surface area contributed by atoms with Crippen LogP contribution in [0.1, 0.15) is 34.1 Å². The molecule has 40 heavy (non-hydrogen) atoms. The maximum Gasteiger partial charge on any atom is 0.216 e. The van der Waals surface area contributed by atoms with Gasteiger partial charge in [0.1, 0.15) is 0 Å². The number of hydrogen-bond acceptors (Lipinski definition) is 5. The Morgan fingerprint density at radius 3 is 2.08 bits per heavy atom. The van der Waals surface area contributed by atoms with Crippen molar-refractivity contribution in [2.24, 2.45) is 0 Å². The molecule has 0 saturated heterocycles. The minimum absolute atomic E-state index is 0.140. The molecule has 0 radical (unpaired) electrons. The zero-order valence-corrected chi connectivity index (χ0v) is 24.3. The van der Waals surface area contributed by atoms with Crippen LogP contribution in [0.3, 0.4) is 0 Å². The molecule has 4 aromatic carbocycles. The fourth-order valence-corrected chi connectivity index (χ4v) is 6.87. The van der Waals surface area contributed by atoms with E-state index in [0.29, 0.717) is 33.7 Å². The lowest BCUT2D eigenvalue weighted by Gasteiger charge is -2.21. The number of aromatic nitrogens is 3. The molecule has 0 saturated carbocycles. The molecule has 0 amide bonds. The normalized spacial score (nSPS) is 12.3. The van der Waals surface area contributed by atoms with Crippen LogP contribution in [0.5, 0.6) is 0 Å². The van der Waals surface area contributed by atoms with Gasteiger partial charge < -0.3 is 0 Å². The highest BCUT2D eigenvalue weighted by Crippen LogP contribution is 2.32. The summed E-state index contributed by atoms with van der Waals surface area (Å²) < 4.78 is 31.8. The van der Waals surface area contributed by atoms with Crippen LogP contribution in [0.25, 0.3) is 5.69 Å². The van der Waals surface area contributed by atoms with Crippen LogP contribution >= 0.6 is 23.4 Å². The van der Waals surface area contributed by atoms with Crippen molar-refractivity contribution in [1.29, 1.82) is 0 Å². The maximum absolute atomic E-state index is 13.5. The van der Waals surface area contributed by atoms with E-state index in [1.54, 1.807) is 11.8 Å². The Morgan fingerprint density at radius 2 is 1.43 bits per heavy atom. The second-order valence-electron chi connectivity index (χ2n) is 9.49. The largest absolute Gasteiger partial charge is 0.272 e. The lowest BCUT2D eigenvalue weighted by Crippen LogP contribution is -2.33. The van der Waals surface area contributed by atoms with Gasteiger partial charge in [0.2, 0.25) is 10.0 Å². The van der Waals surface area contributed by atoms with Gasteiger partial charge in [0.05, 0.1) is 17.5 Å².